The second-order valence-electron chi connectivity index (χ2n) is 5.80. The fraction of sp³-hybridized carbons (Fsp3) is 0.375. The largest absolute Gasteiger partial charge is 0.365 e. The van der Waals surface area contributed by atoms with E-state index in [1.165, 1.54) is 4.90 Å². The van der Waals surface area contributed by atoms with Gasteiger partial charge in [-0.2, -0.15) is 0 Å². The number of fused-ring (bicyclic) bond motifs is 5. The van der Waals surface area contributed by atoms with Crippen LogP contribution in [-0.2, 0) is 14.3 Å². The number of nitrogens with zero attached hydrogens (tertiary/aromatic N) is 1. The smallest absolute Gasteiger partial charge is 0.240 e. The topological polar surface area (TPSA) is 46.6 Å². The zero-order valence-corrected chi connectivity index (χ0v) is 11.4. The normalized spacial score (nSPS) is 34.2. The molecule has 0 aliphatic carbocycles. The maximum atomic E-state index is 12.6. The van der Waals surface area contributed by atoms with Gasteiger partial charge < -0.3 is 4.74 Å². The highest BCUT2D eigenvalue weighted by Gasteiger charge is 2.61. The van der Waals surface area contributed by atoms with E-state index in [-0.39, 0.29) is 35.9 Å². The van der Waals surface area contributed by atoms with E-state index in [1.54, 1.807) is 0 Å². The Bertz CT molecular complexity index is 634. The summed E-state index contributed by atoms with van der Waals surface area (Å²) in [5.74, 6) is -0.911. The molecule has 0 N–H and O–H groups in total. The van der Waals surface area contributed by atoms with Crippen LogP contribution in [0.5, 0.6) is 0 Å². The second kappa shape index (κ2) is 3.79. The van der Waals surface area contributed by atoms with Gasteiger partial charge in [-0.1, -0.05) is 24.3 Å². The number of benzene rings is 1. The van der Waals surface area contributed by atoms with Gasteiger partial charge in [0, 0.05) is 0 Å². The standard InChI is InChI=1S/C16H15NO3/c1-8-3-4-9(2)10(7-8)17-15(18)13-11-5-6-12(20-11)14(13)16(17)19/h3-7,11-14H,1-2H3/t11-,12-,13-,14+/m0/s1. The highest BCUT2D eigenvalue weighted by atomic mass is 16.5. The van der Waals surface area contributed by atoms with E-state index in [9.17, 15) is 9.59 Å². The lowest BCUT2D eigenvalue weighted by atomic mass is 9.85. The number of amides is 2. The summed E-state index contributed by atoms with van der Waals surface area (Å²) < 4.78 is 5.64. The Kier molecular flexibility index (Phi) is 2.25. The van der Waals surface area contributed by atoms with Gasteiger partial charge in [-0.3, -0.25) is 9.59 Å². The predicted octanol–water partition coefficient (Wildman–Crippen LogP) is 1.75. The van der Waals surface area contributed by atoms with Crippen LogP contribution < -0.4 is 4.90 Å². The van der Waals surface area contributed by atoms with Gasteiger partial charge in [-0.25, -0.2) is 4.90 Å². The lowest BCUT2D eigenvalue weighted by Crippen LogP contribution is -2.34. The number of ether oxygens (including phenoxy) is 1. The van der Waals surface area contributed by atoms with Gasteiger partial charge >= 0.3 is 0 Å². The number of hydrogen-bond donors (Lipinski definition) is 0. The summed E-state index contributed by atoms with van der Waals surface area (Å²) >= 11 is 0. The highest BCUT2D eigenvalue weighted by molar-refractivity contribution is 6.23. The van der Waals surface area contributed by atoms with E-state index in [2.05, 4.69) is 0 Å². The number of aryl methyl sites for hydroxylation is 2. The Labute approximate surface area is 117 Å². The summed E-state index contributed by atoms with van der Waals surface area (Å²) in [7, 11) is 0. The van der Waals surface area contributed by atoms with Gasteiger partial charge in [0.05, 0.1) is 29.7 Å². The van der Waals surface area contributed by atoms with Crippen LogP contribution in [0.25, 0.3) is 0 Å². The summed E-state index contributed by atoms with van der Waals surface area (Å²) in [5.41, 5.74) is 2.70. The fourth-order valence-corrected chi connectivity index (χ4v) is 3.50. The number of anilines is 1. The summed E-state index contributed by atoms with van der Waals surface area (Å²) in [4.78, 5) is 26.7. The molecule has 0 radical (unpaired) electrons. The van der Waals surface area contributed by atoms with Crippen molar-refractivity contribution in [2.75, 3.05) is 4.90 Å². The quantitative estimate of drug-likeness (QED) is 0.576. The minimum Gasteiger partial charge on any atom is -0.365 e. The molecule has 2 amide bonds. The van der Waals surface area contributed by atoms with Crippen LogP contribution in [0.3, 0.4) is 0 Å². The van der Waals surface area contributed by atoms with E-state index in [0.717, 1.165) is 11.1 Å². The maximum Gasteiger partial charge on any atom is 0.240 e. The summed E-state index contributed by atoms with van der Waals surface area (Å²) in [5, 5.41) is 0. The van der Waals surface area contributed by atoms with E-state index in [1.807, 2.05) is 44.2 Å². The molecule has 1 aromatic rings. The van der Waals surface area contributed by atoms with Crippen LogP contribution in [0.1, 0.15) is 11.1 Å². The van der Waals surface area contributed by atoms with Crippen LogP contribution in [0.2, 0.25) is 0 Å². The molecule has 4 rings (SSSR count). The first-order chi connectivity index (χ1) is 9.58. The van der Waals surface area contributed by atoms with Crippen LogP contribution >= 0.6 is 0 Å². The number of imide groups is 1. The molecule has 4 nitrogen and oxygen atoms in total. The van der Waals surface area contributed by atoms with Gasteiger partial charge in [0.25, 0.3) is 0 Å². The molecule has 4 atom stereocenters. The van der Waals surface area contributed by atoms with Crippen LogP contribution in [-0.4, -0.2) is 24.0 Å². The fourth-order valence-electron chi connectivity index (χ4n) is 3.50. The lowest BCUT2D eigenvalue weighted by molar-refractivity contribution is -0.124. The van der Waals surface area contributed by atoms with Crippen molar-refractivity contribution in [3.8, 4) is 0 Å². The molecule has 0 spiro atoms. The third kappa shape index (κ3) is 1.34. The van der Waals surface area contributed by atoms with Gasteiger partial charge in [0.2, 0.25) is 11.8 Å². The molecule has 3 aliphatic heterocycles. The molecule has 3 aliphatic rings. The molecule has 2 fully saturated rings. The molecule has 2 bridgehead atoms. The molecular weight excluding hydrogens is 254 g/mol. The van der Waals surface area contributed by atoms with Crippen molar-refractivity contribution in [1.29, 1.82) is 0 Å². The molecule has 2 saturated heterocycles. The first-order valence-electron chi connectivity index (χ1n) is 6.87. The molecule has 20 heavy (non-hydrogen) atoms. The Balaban J connectivity index is 1.80. The van der Waals surface area contributed by atoms with Crippen molar-refractivity contribution in [1.82, 2.24) is 0 Å². The average Bonchev–Trinajstić information content (AvgIpc) is 3.08. The van der Waals surface area contributed by atoms with Crippen molar-refractivity contribution in [2.45, 2.75) is 26.1 Å². The number of rotatable bonds is 1. The molecule has 0 aromatic heterocycles. The van der Waals surface area contributed by atoms with Gasteiger partial charge in [0.1, 0.15) is 0 Å². The highest BCUT2D eigenvalue weighted by Crippen LogP contribution is 2.46. The number of carbonyl (C=O) groups is 2. The summed E-state index contributed by atoms with van der Waals surface area (Å²) in [6.07, 6.45) is 3.36. The van der Waals surface area contributed by atoms with Crippen molar-refractivity contribution in [2.24, 2.45) is 11.8 Å². The van der Waals surface area contributed by atoms with E-state index in [4.69, 9.17) is 4.74 Å². The van der Waals surface area contributed by atoms with Crippen LogP contribution in [0.15, 0.2) is 30.4 Å². The average molecular weight is 269 g/mol. The van der Waals surface area contributed by atoms with Crippen molar-refractivity contribution < 1.29 is 14.3 Å². The predicted molar refractivity (Wildman–Crippen MR) is 73.2 cm³/mol. The Morgan fingerprint density at radius 1 is 1.00 bits per heavy atom. The van der Waals surface area contributed by atoms with Gasteiger partial charge in [-0.15, -0.1) is 0 Å². The Morgan fingerprint density at radius 2 is 1.60 bits per heavy atom. The number of carbonyl (C=O) groups excluding carboxylic acids is 2. The van der Waals surface area contributed by atoms with Gasteiger partial charge in [0.15, 0.2) is 0 Å². The molecular formula is C16H15NO3. The first-order valence-corrected chi connectivity index (χ1v) is 6.87. The third-order valence-corrected chi connectivity index (χ3v) is 4.52. The monoisotopic (exact) mass is 269 g/mol. The minimum absolute atomic E-state index is 0.120. The van der Waals surface area contributed by atoms with Crippen molar-refractivity contribution in [3.63, 3.8) is 0 Å². The lowest BCUT2D eigenvalue weighted by Gasteiger charge is -2.20. The zero-order valence-electron chi connectivity index (χ0n) is 11.4. The third-order valence-electron chi connectivity index (χ3n) is 4.52. The molecule has 3 heterocycles. The Hall–Kier alpha value is -1.94. The maximum absolute atomic E-state index is 12.6. The minimum atomic E-state index is -0.336. The zero-order chi connectivity index (χ0) is 14.0. The molecule has 1 aromatic carbocycles. The van der Waals surface area contributed by atoms with E-state index < -0.39 is 0 Å². The van der Waals surface area contributed by atoms with Crippen molar-refractivity contribution >= 4 is 17.5 Å². The summed E-state index contributed by atoms with van der Waals surface area (Å²) in [6, 6.07) is 5.84. The van der Waals surface area contributed by atoms with Crippen LogP contribution in [0, 0.1) is 25.7 Å². The first kappa shape index (κ1) is 11.9. The second-order valence-corrected chi connectivity index (χ2v) is 5.80. The molecule has 0 unspecified atom stereocenters. The summed E-state index contributed by atoms with van der Waals surface area (Å²) in [6.45, 7) is 3.88. The van der Waals surface area contributed by atoms with Crippen LogP contribution in [0.4, 0.5) is 5.69 Å². The Morgan fingerprint density at radius 3 is 2.20 bits per heavy atom. The molecule has 0 saturated carbocycles. The van der Waals surface area contributed by atoms with Gasteiger partial charge in [-0.05, 0) is 31.0 Å². The van der Waals surface area contributed by atoms with E-state index >= 15 is 0 Å². The van der Waals surface area contributed by atoms with Crippen molar-refractivity contribution in [3.05, 3.63) is 41.5 Å². The SMILES string of the molecule is Cc1ccc(C)c(N2C(=O)[C@@H]3[C@H](C2=O)[C@@H]2C=C[C@@H]3O2)c1. The number of hydrogen-bond acceptors (Lipinski definition) is 3. The van der Waals surface area contributed by atoms with E-state index in [0.29, 0.717) is 5.69 Å². The molecule has 102 valence electrons. The molecule has 4 heteroatoms.